The summed E-state index contributed by atoms with van der Waals surface area (Å²) in [5.41, 5.74) is -0.198. The maximum Gasteiger partial charge on any atom is 0.189 e. The van der Waals surface area contributed by atoms with Gasteiger partial charge in [0.15, 0.2) is 12.6 Å². The Bertz CT molecular complexity index is 481. The van der Waals surface area contributed by atoms with Crippen LogP contribution >= 0.6 is 0 Å². The molecule has 2 rings (SSSR count). The van der Waals surface area contributed by atoms with Crippen molar-refractivity contribution in [2.45, 2.75) is 52.5 Å². The standard InChI is InChI=1S/C18H28O6/c1-17(2)12-23-15(19)10-21-14-8-6-5-7-13(14)9-22-16(20)11-24-18(17,3)4/h5-8,15-16,19-20H,9-12H2,1-4H3. The van der Waals surface area contributed by atoms with Crippen LogP contribution in [0.2, 0.25) is 0 Å². The molecule has 24 heavy (non-hydrogen) atoms. The first-order valence-electron chi connectivity index (χ1n) is 8.15. The Balaban J connectivity index is 2.16. The molecule has 6 heteroatoms. The van der Waals surface area contributed by atoms with Crippen LogP contribution in [0, 0.1) is 5.41 Å². The molecule has 2 N–H and O–H groups in total. The highest BCUT2D eigenvalue weighted by Gasteiger charge is 2.39. The minimum atomic E-state index is -1.04. The second-order valence-electron chi connectivity index (χ2n) is 7.16. The fourth-order valence-corrected chi connectivity index (χ4v) is 2.16. The Morgan fingerprint density at radius 1 is 0.958 bits per heavy atom. The molecule has 1 aliphatic heterocycles. The van der Waals surface area contributed by atoms with E-state index in [2.05, 4.69) is 0 Å². The lowest BCUT2D eigenvalue weighted by atomic mass is 9.78. The Morgan fingerprint density at radius 2 is 1.62 bits per heavy atom. The number of benzene rings is 1. The molecule has 2 unspecified atom stereocenters. The van der Waals surface area contributed by atoms with Crippen LogP contribution in [-0.4, -0.2) is 48.2 Å². The number of aliphatic hydroxyl groups excluding tert-OH is 2. The first-order chi connectivity index (χ1) is 11.2. The predicted octanol–water partition coefficient (Wildman–Crippen LogP) is 2.07. The van der Waals surface area contributed by atoms with E-state index >= 15 is 0 Å². The van der Waals surface area contributed by atoms with Gasteiger partial charge in [0, 0.05) is 11.0 Å². The van der Waals surface area contributed by atoms with Crippen molar-refractivity contribution >= 4 is 0 Å². The van der Waals surface area contributed by atoms with Crippen LogP contribution in [0.3, 0.4) is 0 Å². The molecule has 0 aliphatic carbocycles. The SMILES string of the molecule is CC1(C)COC(O)COc2ccccc2COC(O)COC1(C)C. The zero-order chi connectivity index (χ0) is 17.8. The maximum absolute atomic E-state index is 10.0. The number of ether oxygens (including phenoxy) is 4. The number of para-hydroxylation sites is 1. The van der Waals surface area contributed by atoms with E-state index in [1.54, 1.807) is 6.07 Å². The fraction of sp³-hybridized carbons (Fsp3) is 0.667. The van der Waals surface area contributed by atoms with Gasteiger partial charge >= 0.3 is 0 Å². The lowest BCUT2D eigenvalue weighted by Gasteiger charge is -2.42. The van der Waals surface area contributed by atoms with Crippen LogP contribution in [0.4, 0.5) is 0 Å². The Kier molecular flexibility index (Phi) is 6.22. The van der Waals surface area contributed by atoms with Gasteiger partial charge in [-0.2, -0.15) is 0 Å². The molecule has 0 bridgehead atoms. The van der Waals surface area contributed by atoms with E-state index in [-0.39, 0.29) is 26.4 Å². The summed E-state index contributed by atoms with van der Waals surface area (Å²) in [5, 5.41) is 20.1. The highest BCUT2D eigenvalue weighted by molar-refractivity contribution is 5.32. The molecule has 2 atom stereocenters. The molecule has 0 spiro atoms. The van der Waals surface area contributed by atoms with Gasteiger partial charge in [-0.3, -0.25) is 0 Å². The Hall–Kier alpha value is -1.18. The van der Waals surface area contributed by atoms with E-state index in [0.29, 0.717) is 5.75 Å². The second-order valence-corrected chi connectivity index (χ2v) is 7.16. The van der Waals surface area contributed by atoms with E-state index in [1.807, 2.05) is 45.9 Å². The third-order valence-corrected chi connectivity index (χ3v) is 4.64. The summed E-state index contributed by atoms with van der Waals surface area (Å²) in [6, 6.07) is 7.32. The van der Waals surface area contributed by atoms with E-state index in [0.717, 1.165) is 5.56 Å². The first kappa shape index (κ1) is 19.1. The molecule has 0 aromatic heterocycles. The average molecular weight is 340 g/mol. The van der Waals surface area contributed by atoms with Crippen LogP contribution in [0.25, 0.3) is 0 Å². The zero-order valence-electron chi connectivity index (χ0n) is 14.8. The predicted molar refractivity (Wildman–Crippen MR) is 88.5 cm³/mol. The number of fused-ring (bicyclic) bond motifs is 1. The third-order valence-electron chi connectivity index (χ3n) is 4.64. The van der Waals surface area contributed by atoms with Gasteiger partial charge < -0.3 is 29.2 Å². The maximum atomic E-state index is 10.0. The number of hydrogen-bond acceptors (Lipinski definition) is 6. The van der Waals surface area contributed by atoms with Crippen molar-refractivity contribution in [1.29, 1.82) is 0 Å². The van der Waals surface area contributed by atoms with Crippen molar-refractivity contribution in [1.82, 2.24) is 0 Å². The normalized spacial score (nSPS) is 28.2. The van der Waals surface area contributed by atoms with Gasteiger partial charge in [0.05, 0.1) is 25.4 Å². The van der Waals surface area contributed by atoms with E-state index in [1.165, 1.54) is 0 Å². The highest BCUT2D eigenvalue weighted by Crippen LogP contribution is 2.34. The lowest BCUT2D eigenvalue weighted by Crippen LogP contribution is -2.47. The number of hydrogen-bond donors (Lipinski definition) is 2. The van der Waals surface area contributed by atoms with Crippen molar-refractivity contribution < 1.29 is 29.2 Å². The molecular formula is C18H28O6. The topological polar surface area (TPSA) is 77.4 Å². The summed E-state index contributed by atoms with van der Waals surface area (Å²) >= 11 is 0. The summed E-state index contributed by atoms with van der Waals surface area (Å²) in [6.07, 6.45) is -2.08. The number of rotatable bonds is 0. The van der Waals surface area contributed by atoms with Crippen molar-refractivity contribution in [3.63, 3.8) is 0 Å². The van der Waals surface area contributed by atoms with E-state index in [4.69, 9.17) is 18.9 Å². The molecule has 1 aromatic carbocycles. The van der Waals surface area contributed by atoms with Crippen LogP contribution in [0.5, 0.6) is 5.75 Å². The smallest absolute Gasteiger partial charge is 0.189 e. The largest absolute Gasteiger partial charge is 0.488 e. The quantitative estimate of drug-likeness (QED) is 0.753. The highest BCUT2D eigenvalue weighted by atomic mass is 16.6. The Morgan fingerprint density at radius 3 is 2.38 bits per heavy atom. The average Bonchev–Trinajstić information content (AvgIpc) is 2.54. The van der Waals surface area contributed by atoms with Crippen LogP contribution in [0.15, 0.2) is 24.3 Å². The summed E-state index contributed by atoms with van der Waals surface area (Å²) in [4.78, 5) is 0. The summed E-state index contributed by atoms with van der Waals surface area (Å²) < 4.78 is 22.5. The minimum absolute atomic E-state index is 0.0108. The van der Waals surface area contributed by atoms with Gasteiger partial charge in [0.25, 0.3) is 0 Å². The molecule has 0 saturated heterocycles. The van der Waals surface area contributed by atoms with Crippen molar-refractivity contribution in [2.75, 3.05) is 19.8 Å². The van der Waals surface area contributed by atoms with E-state index in [9.17, 15) is 10.2 Å². The zero-order valence-corrected chi connectivity index (χ0v) is 14.8. The monoisotopic (exact) mass is 340 g/mol. The Labute approximate surface area is 143 Å². The van der Waals surface area contributed by atoms with Crippen LogP contribution in [-0.2, 0) is 20.8 Å². The van der Waals surface area contributed by atoms with Crippen molar-refractivity contribution in [3.8, 4) is 5.75 Å². The molecule has 1 heterocycles. The first-order valence-corrected chi connectivity index (χ1v) is 8.15. The van der Waals surface area contributed by atoms with Crippen molar-refractivity contribution in [3.05, 3.63) is 29.8 Å². The van der Waals surface area contributed by atoms with Crippen LogP contribution in [0.1, 0.15) is 33.3 Å². The molecule has 1 aliphatic rings. The molecular weight excluding hydrogens is 312 g/mol. The molecule has 1 aromatic rings. The molecule has 0 saturated carbocycles. The fourth-order valence-electron chi connectivity index (χ4n) is 2.16. The van der Waals surface area contributed by atoms with Crippen LogP contribution < -0.4 is 4.74 Å². The molecule has 6 nitrogen and oxygen atoms in total. The van der Waals surface area contributed by atoms with Gasteiger partial charge in [-0.15, -0.1) is 0 Å². The van der Waals surface area contributed by atoms with Crippen molar-refractivity contribution in [2.24, 2.45) is 5.41 Å². The molecule has 0 radical (unpaired) electrons. The van der Waals surface area contributed by atoms with E-state index < -0.39 is 23.6 Å². The van der Waals surface area contributed by atoms with Gasteiger partial charge in [-0.05, 0) is 19.9 Å². The lowest BCUT2D eigenvalue weighted by molar-refractivity contribution is -0.213. The molecule has 136 valence electrons. The van der Waals surface area contributed by atoms with Gasteiger partial charge in [-0.1, -0.05) is 32.0 Å². The summed E-state index contributed by atoms with van der Waals surface area (Å²) in [6.45, 7) is 8.33. The van der Waals surface area contributed by atoms with Gasteiger partial charge in [0.1, 0.15) is 12.4 Å². The summed E-state index contributed by atoms with van der Waals surface area (Å²) in [7, 11) is 0. The molecule has 0 fully saturated rings. The third kappa shape index (κ3) is 4.91. The molecule has 0 amide bonds. The minimum Gasteiger partial charge on any atom is -0.488 e. The summed E-state index contributed by atoms with van der Waals surface area (Å²) in [5.74, 6) is 0.588. The second kappa shape index (κ2) is 7.80. The van der Waals surface area contributed by atoms with Gasteiger partial charge in [-0.25, -0.2) is 0 Å². The number of aliphatic hydroxyl groups is 2. The van der Waals surface area contributed by atoms with Gasteiger partial charge in [0.2, 0.25) is 0 Å².